The Morgan fingerprint density at radius 3 is 3.20 bits per heavy atom. The fraction of sp³-hybridized carbons (Fsp3) is 0. The third-order valence-electron chi connectivity index (χ3n) is 1.65. The minimum Gasteiger partial charge on any atom is -0.463 e. The maximum absolute atomic E-state index is 11.3. The summed E-state index contributed by atoms with van der Waals surface area (Å²) < 4.78 is 4.99. The molecular formula is C9H8N4O2. The summed E-state index contributed by atoms with van der Waals surface area (Å²) in [5.41, 5.74) is 2.68. The molecule has 0 unspecified atom stereocenters. The largest absolute Gasteiger partial charge is 0.463 e. The van der Waals surface area contributed by atoms with Crippen molar-refractivity contribution in [1.82, 2.24) is 15.6 Å². The number of aromatic amines is 1. The van der Waals surface area contributed by atoms with Crippen molar-refractivity contribution in [1.29, 1.82) is 0 Å². The first kappa shape index (κ1) is 9.20. The second kappa shape index (κ2) is 4.23. The van der Waals surface area contributed by atoms with Crippen LogP contribution in [-0.4, -0.2) is 22.3 Å². The van der Waals surface area contributed by atoms with E-state index in [0.29, 0.717) is 11.5 Å². The Kier molecular flexibility index (Phi) is 2.59. The van der Waals surface area contributed by atoms with Gasteiger partial charge in [0, 0.05) is 6.20 Å². The molecule has 0 fully saturated rings. The monoisotopic (exact) mass is 204 g/mol. The number of hydrogen-bond donors (Lipinski definition) is 2. The van der Waals surface area contributed by atoms with Gasteiger partial charge < -0.3 is 4.42 Å². The van der Waals surface area contributed by atoms with E-state index in [1.807, 2.05) is 0 Å². The van der Waals surface area contributed by atoms with Crippen LogP contribution in [0.3, 0.4) is 0 Å². The van der Waals surface area contributed by atoms with Gasteiger partial charge >= 0.3 is 0 Å². The summed E-state index contributed by atoms with van der Waals surface area (Å²) in [5.74, 6) is 0.218. The fourth-order valence-corrected chi connectivity index (χ4v) is 0.962. The third-order valence-corrected chi connectivity index (χ3v) is 1.65. The third kappa shape index (κ3) is 2.31. The quantitative estimate of drug-likeness (QED) is 0.572. The predicted octanol–water partition coefficient (Wildman–Crippen LogP) is 0.767. The first-order valence-corrected chi connectivity index (χ1v) is 4.22. The fourth-order valence-electron chi connectivity index (χ4n) is 0.962. The SMILES string of the molecule is O=C(N/N=C/c1ccco1)c1ccn[nH]1. The van der Waals surface area contributed by atoms with Crippen LogP contribution in [0.15, 0.2) is 40.2 Å². The number of H-pyrrole nitrogens is 1. The van der Waals surface area contributed by atoms with Gasteiger partial charge in [0.1, 0.15) is 11.5 Å². The molecule has 0 aliphatic carbocycles. The molecule has 2 aromatic heterocycles. The Morgan fingerprint density at radius 1 is 1.60 bits per heavy atom. The zero-order valence-corrected chi connectivity index (χ0v) is 7.68. The van der Waals surface area contributed by atoms with Gasteiger partial charge in [0.2, 0.25) is 0 Å². The van der Waals surface area contributed by atoms with Gasteiger partial charge in [-0.2, -0.15) is 10.2 Å². The lowest BCUT2D eigenvalue weighted by molar-refractivity contribution is 0.0950. The Balaban J connectivity index is 1.91. The molecule has 76 valence electrons. The van der Waals surface area contributed by atoms with E-state index in [2.05, 4.69) is 20.7 Å². The molecule has 0 saturated heterocycles. The van der Waals surface area contributed by atoms with Crippen molar-refractivity contribution < 1.29 is 9.21 Å². The first-order valence-electron chi connectivity index (χ1n) is 4.22. The topological polar surface area (TPSA) is 83.3 Å². The first-order chi connectivity index (χ1) is 7.36. The Hall–Kier alpha value is -2.37. The van der Waals surface area contributed by atoms with Crippen LogP contribution in [0.25, 0.3) is 0 Å². The van der Waals surface area contributed by atoms with Gasteiger partial charge in [-0.25, -0.2) is 5.43 Å². The number of amides is 1. The van der Waals surface area contributed by atoms with Crippen molar-refractivity contribution in [3.63, 3.8) is 0 Å². The maximum Gasteiger partial charge on any atom is 0.289 e. The summed E-state index contributed by atoms with van der Waals surface area (Å²) in [5, 5.41) is 9.87. The van der Waals surface area contributed by atoms with E-state index < -0.39 is 0 Å². The van der Waals surface area contributed by atoms with Crippen molar-refractivity contribution in [3.05, 3.63) is 42.1 Å². The number of hydrogen-bond acceptors (Lipinski definition) is 4. The molecule has 0 atom stereocenters. The number of aromatic nitrogens is 2. The van der Waals surface area contributed by atoms with E-state index in [4.69, 9.17) is 4.42 Å². The van der Waals surface area contributed by atoms with Gasteiger partial charge in [-0.15, -0.1) is 0 Å². The second-order valence-corrected chi connectivity index (χ2v) is 2.68. The standard InChI is InChI=1S/C9H8N4O2/c14-9(8-3-4-10-12-8)13-11-6-7-2-1-5-15-7/h1-6H,(H,10,12)(H,13,14)/b11-6+. The number of nitrogens with one attached hydrogen (secondary N) is 2. The smallest absolute Gasteiger partial charge is 0.289 e. The van der Waals surface area contributed by atoms with Gasteiger partial charge in [0.05, 0.1) is 12.5 Å². The minimum absolute atomic E-state index is 0.352. The summed E-state index contributed by atoms with van der Waals surface area (Å²) in [4.78, 5) is 11.3. The number of furan rings is 1. The van der Waals surface area contributed by atoms with Crippen LogP contribution < -0.4 is 5.43 Å². The van der Waals surface area contributed by atoms with Gasteiger partial charge in [0.15, 0.2) is 0 Å². The van der Waals surface area contributed by atoms with E-state index >= 15 is 0 Å². The average molecular weight is 204 g/mol. The highest BCUT2D eigenvalue weighted by molar-refractivity contribution is 5.92. The van der Waals surface area contributed by atoms with Crippen molar-refractivity contribution in [2.45, 2.75) is 0 Å². The van der Waals surface area contributed by atoms with Crippen molar-refractivity contribution in [2.75, 3.05) is 0 Å². The van der Waals surface area contributed by atoms with Gasteiger partial charge in [-0.05, 0) is 18.2 Å². The molecule has 1 amide bonds. The van der Waals surface area contributed by atoms with E-state index in [0.717, 1.165) is 0 Å². The van der Waals surface area contributed by atoms with Crippen molar-refractivity contribution >= 4 is 12.1 Å². The molecule has 2 aromatic rings. The van der Waals surface area contributed by atoms with Crippen molar-refractivity contribution in [3.8, 4) is 0 Å². The van der Waals surface area contributed by atoms with Crippen LogP contribution in [0.2, 0.25) is 0 Å². The summed E-state index contributed by atoms with van der Waals surface area (Å²) in [6, 6.07) is 5.02. The van der Waals surface area contributed by atoms with Crippen LogP contribution in [0.4, 0.5) is 0 Å². The molecule has 0 aliphatic rings. The predicted molar refractivity (Wildman–Crippen MR) is 52.4 cm³/mol. The molecule has 2 N–H and O–H groups in total. The molecule has 0 aromatic carbocycles. The van der Waals surface area contributed by atoms with Crippen LogP contribution >= 0.6 is 0 Å². The molecule has 2 heterocycles. The summed E-state index contributed by atoms with van der Waals surface area (Å²) in [6.45, 7) is 0. The van der Waals surface area contributed by atoms with Crippen LogP contribution in [-0.2, 0) is 0 Å². The lowest BCUT2D eigenvalue weighted by Gasteiger charge is -1.93. The molecule has 6 heteroatoms. The molecule has 0 radical (unpaired) electrons. The lowest BCUT2D eigenvalue weighted by Crippen LogP contribution is -2.17. The van der Waals surface area contributed by atoms with E-state index in [-0.39, 0.29) is 5.91 Å². The zero-order chi connectivity index (χ0) is 10.5. The Morgan fingerprint density at radius 2 is 2.53 bits per heavy atom. The molecule has 6 nitrogen and oxygen atoms in total. The highest BCUT2D eigenvalue weighted by atomic mass is 16.3. The highest BCUT2D eigenvalue weighted by Gasteiger charge is 2.03. The van der Waals surface area contributed by atoms with Crippen LogP contribution in [0.5, 0.6) is 0 Å². The normalized spacial score (nSPS) is 10.7. The number of carbonyl (C=O) groups is 1. The van der Waals surface area contributed by atoms with Crippen LogP contribution in [0, 0.1) is 0 Å². The summed E-state index contributed by atoms with van der Waals surface area (Å²) in [6.07, 6.45) is 4.43. The molecule has 0 bridgehead atoms. The van der Waals surface area contributed by atoms with Gasteiger partial charge in [-0.1, -0.05) is 0 Å². The number of rotatable bonds is 3. The van der Waals surface area contributed by atoms with E-state index in [1.165, 1.54) is 18.7 Å². The van der Waals surface area contributed by atoms with Gasteiger partial charge in [-0.3, -0.25) is 9.89 Å². The molecule has 15 heavy (non-hydrogen) atoms. The van der Waals surface area contributed by atoms with E-state index in [1.54, 1.807) is 18.2 Å². The molecule has 0 saturated carbocycles. The van der Waals surface area contributed by atoms with E-state index in [9.17, 15) is 4.79 Å². The number of nitrogens with zero attached hydrogens (tertiary/aromatic N) is 2. The average Bonchev–Trinajstić information content (AvgIpc) is 2.90. The van der Waals surface area contributed by atoms with Crippen molar-refractivity contribution in [2.24, 2.45) is 5.10 Å². The maximum atomic E-state index is 11.3. The molecule has 0 spiro atoms. The molecular weight excluding hydrogens is 196 g/mol. The number of carbonyl (C=O) groups excluding carboxylic acids is 1. The molecule has 0 aliphatic heterocycles. The zero-order valence-electron chi connectivity index (χ0n) is 7.68. The van der Waals surface area contributed by atoms with Gasteiger partial charge in [0.25, 0.3) is 5.91 Å². The minimum atomic E-state index is -0.352. The Labute approximate surface area is 85.0 Å². The molecule has 2 rings (SSSR count). The lowest BCUT2D eigenvalue weighted by atomic mass is 10.4. The second-order valence-electron chi connectivity index (χ2n) is 2.68. The summed E-state index contributed by atoms with van der Waals surface area (Å²) in [7, 11) is 0. The van der Waals surface area contributed by atoms with Crippen LogP contribution in [0.1, 0.15) is 16.2 Å². The highest BCUT2D eigenvalue weighted by Crippen LogP contribution is 1.95. The Bertz CT molecular complexity index is 444. The summed E-state index contributed by atoms with van der Waals surface area (Å²) >= 11 is 0. The number of hydrazone groups is 1.